The van der Waals surface area contributed by atoms with E-state index in [0.717, 1.165) is 0 Å². The highest BCUT2D eigenvalue weighted by Crippen LogP contribution is 2.24. The van der Waals surface area contributed by atoms with Gasteiger partial charge >= 0.3 is 0 Å². The van der Waals surface area contributed by atoms with Crippen LogP contribution in [-0.4, -0.2) is 47.2 Å². The molecule has 4 unspecified atom stereocenters. The Kier molecular flexibility index (Phi) is 1.47. The maximum atomic E-state index is 10.9. The highest BCUT2D eigenvalue weighted by atomic mass is 16.7. The number of ketones is 1. The zero-order valence-electron chi connectivity index (χ0n) is 5.64. The minimum atomic E-state index is -1.35. The van der Waals surface area contributed by atoms with Crippen LogP contribution >= 0.6 is 0 Å². The van der Waals surface area contributed by atoms with E-state index in [1.807, 2.05) is 0 Å². The van der Waals surface area contributed by atoms with Crippen LogP contribution in [0.4, 0.5) is 0 Å². The fourth-order valence-corrected chi connectivity index (χ4v) is 1.26. The van der Waals surface area contributed by atoms with E-state index < -0.39 is 30.4 Å². The fourth-order valence-electron chi connectivity index (χ4n) is 1.26. The SMILES string of the molecule is O=C1C2OCC(O2)C(O)C1O. The van der Waals surface area contributed by atoms with Gasteiger partial charge in [0.1, 0.15) is 18.3 Å². The van der Waals surface area contributed by atoms with E-state index in [-0.39, 0.29) is 6.61 Å². The molecule has 2 aliphatic rings. The van der Waals surface area contributed by atoms with Crippen molar-refractivity contribution < 1.29 is 24.5 Å². The van der Waals surface area contributed by atoms with Crippen molar-refractivity contribution in [1.82, 2.24) is 0 Å². The Morgan fingerprint density at radius 3 is 2.91 bits per heavy atom. The molecule has 2 heterocycles. The van der Waals surface area contributed by atoms with E-state index >= 15 is 0 Å². The van der Waals surface area contributed by atoms with E-state index in [1.54, 1.807) is 0 Å². The topological polar surface area (TPSA) is 76.0 Å². The van der Waals surface area contributed by atoms with E-state index in [9.17, 15) is 4.79 Å². The van der Waals surface area contributed by atoms with Gasteiger partial charge in [-0.05, 0) is 0 Å². The Balaban J connectivity index is 2.23. The summed E-state index contributed by atoms with van der Waals surface area (Å²) in [5.41, 5.74) is 0. The molecule has 11 heavy (non-hydrogen) atoms. The number of carbonyl (C=O) groups excluding carboxylic acids is 1. The predicted octanol–water partition coefficient (Wildman–Crippen LogP) is -1.97. The third kappa shape index (κ3) is 0.893. The molecule has 0 saturated carbocycles. The van der Waals surface area contributed by atoms with Crippen LogP contribution in [0.5, 0.6) is 0 Å². The Bertz CT molecular complexity index is 191. The molecule has 5 nitrogen and oxygen atoms in total. The van der Waals surface area contributed by atoms with Crippen molar-refractivity contribution in [2.45, 2.75) is 24.6 Å². The molecule has 0 aromatic heterocycles. The number of rotatable bonds is 0. The first-order chi connectivity index (χ1) is 5.20. The Hall–Kier alpha value is -0.490. The van der Waals surface area contributed by atoms with Gasteiger partial charge in [0.05, 0.1) is 6.61 Å². The highest BCUT2D eigenvalue weighted by molar-refractivity contribution is 5.87. The lowest BCUT2D eigenvalue weighted by molar-refractivity contribution is -0.182. The van der Waals surface area contributed by atoms with Gasteiger partial charge in [-0.15, -0.1) is 0 Å². The maximum absolute atomic E-state index is 10.9. The van der Waals surface area contributed by atoms with Crippen LogP contribution in [0.2, 0.25) is 0 Å². The van der Waals surface area contributed by atoms with E-state index in [0.29, 0.717) is 0 Å². The van der Waals surface area contributed by atoms with Crippen molar-refractivity contribution in [3.05, 3.63) is 0 Å². The second kappa shape index (κ2) is 2.25. The van der Waals surface area contributed by atoms with E-state index in [4.69, 9.17) is 19.7 Å². The predicted molar refractivity (Wildman–Crippen MR) is 31.6 cm³/mol. The van der Waals surface area contributed by atoms with Crippen molar-refractivity contribution >= 4 is 5.78 Å². The largest absolute Gasteiger partial charge is 0.387 e. The van der Waals surface area contributed by atoms with Gasteiger partial charge in [0.2, 0.25) is 12.1 Å². The normalized spacial score (nSPS) is 49.8. The summed E-state index contributed by atoms with van der Waals surface area (Å²) in [5.74, 6) is -0.591. The molecule has 0 aliphatic carbocycles. The summed E-state index contributed by atoms with van der Waals surface area (Å²) in [5, 5.41) is 18.2. The lowest BCUT2D eigenvalue weighted by atomic mass is 10.0. The molecule has 0 aromatic carbocycles. The van der Waals surface area contributed by atoms with Crippen molar-refractivity contribution in [3.8, 4) is 0 Å². The highest BCUT2D eigenvalue weighted by Gasteiger charge is 2.48. The molecule has 0 spiro atoms. The average Bonchev–Trinajstić information content (AvgIpc) is 2.44. The van der Waals surface area contributed by atoms with Crippen LogP contribution in [0.1, 0.15) is 0 Å². The number of aliphatic hydroxyl groups is 2. The fraction of sp³-hybridized carbons (Fsp3) is 0.833. The van der Waals surface area contributed by atoms with Gasteiger partial charge in [0.15, 0.2) is 0 Å². The van der Waals surface area contributed by atoms with Crippen LogP contribution in [0.3, 0.4) is 0 Å². The van der Waals surface area contributed by atoms with Gasteiger partial charge in [0.25, 0.3) is 0 Å². The molecule has 0 amide bonds. The molecule has 2 fully saturated rings. The molecule has 0 radical (unpaired) electrons. The average molecular weight is 160 g/mol. The van der Waals surface area contributed by atoms with Gasteiger partial charge < -0.3 is 19.7 Å². The molecular weight excluding hydrogens is 152 g/mol. The second-order valence-corrected chi connectivity index (χ2v) is 2.68. The first-order valence-corrected chi connectivity index (χ1v) is 3.37. The van der Waals surface area contributed by atoms with Crippen molar-refractivity contribution in [2.75, 3.05) is 6.61 Å². The van der Waals surface area contributed by atoms with Crippen LogP contribution in [0.25, 0.3) is 0 Å². The van der Waals surface area contributed by atoms with Crippen molar-refractivity contribution in [2.24, 2.45) is 0 Å². The molecule has 2 rings (SSSR count). The molecule has 5 heteroatoms. The van der Waals surface area contributed by atoms with Crippen LogP contribution < -0.4 is 0 Å². The molecular formula is C6H8O5. The first kappa shape index (κ1) is 7.17. The third-order valence-electron chi connectivity index (χ3n) is 1.94. The number of hydrogen-bond acceptors (Lipinski definition) is 5. The Morgan fingerprint density at radius 1 is 1.45 bits per heavy atom. The summed E-state index contributed by atoms with van der Waals surface area (Å²) in [4.78, 5) is 10.9. The van der Waals surface area contributed by atoms with E-state index in [2.05, 4.69) is 0 Å². The third-order valence-corrected chi connectivity index (χ3v) is 1.94. The number of fused-ring (bicyclic) bond motifs is 2. The van der Waals surface area contributed by atoms with Gasteiger partial charge in [0, 0.05) is 0 Å². The summed E-state index contributed by atoms with van der Waals surface area (Å²) < 4.78 is 9.75. The monoisotopic (exact) mass is 160 g/mol. The number of carbonyl (C=O) groups is 1. The zero-order valence-corrected chi connectivity index (χ0v) is 5.64. The molecule has 4 atom stereocenters. The van der Waals surface area contributed by atoms with Gasteiger partial charge in [-0.25, -0.2) is 0 Å². The molecule has 2 saturated heterocycles. The van der Waals surface area contributed by atoms with Crippen LogP contribution in [0, 0.1) is 0 Å². The molecule has 2 N–H and O–H groups in total. The summed E-state index contributed by atoms with van der Waals surface area (Å²) in [6.07, 6.45) is -3.99. The zero-order chi connectivity index (χ0) is 8.01. The number of hydrogen-bond donors (Lipinski definition) is 2. The van der Waals surface area contributed by atoms with Crippen LogP contribution in [0.15, 0.2) is 0 Å². The minimum absolute atomic E-state index is 0.175. The van der Waals surface area contributed by atoms with Crippen molar-refractivity contribution in [3.63, 3.8) is 0 Å². The van der Waals surface area contributed by atoms with Gasteiger partial charge in [-0.3, -0.25) is 4.79 Å². The quantitative estimate of drug-likeness (QED) is 0.430. The summed E-state index contributed by atoms with van der Waals surface area (Å²) in [7, 11) is 0. The maximum Gasteiger partial charge on any atom is 0.221 e. The van der Waals surface area contributed by atoms with E-state index in [1.165, 1.54) is 0 Å². The summed E-state index contributed by atoms with van der Waals surface area (Å²) >= 11 is 0. The van der Waals surface area contributed by atoms with Gasteiger partial charge in [-0.1, -0.05) is 0 Å². The Morgan fingerprint density at radius 2 is 2.18 bits per heavy atom. The standard InChI is InChI=1S/C6H8O5/c7-3-2-1-10-6(11-2)5(9)4(3)8/h2-4,6-8H,1H2. The molecule has 62 valence electrons. The summed E-state index contributed by atoms with van der Waals surface area (Å²) in [6, 6.07) is 0. The lowest BCUT2D eigenvalue weighted by Gasteiger charge is -2.26. The molecule has 2 bridgehead atoms. The van der Waals surface area contributed by atoms with Crippen LogP contribution in [-0.2, 0) is 14.3 Å². The van der Waals surface area contributed by atoms with Gasteiger partial charge in [-0.2, -0.15) is 0 Å². The minimum Gasteiger partial charge on any atom is -0.387 e. The van der Waals surface area contributed by atoms with Crippen molar-refractivity contribution in [1.29, 1.82) is 0 Å². The number of aliphatic hydroxyl groups excluding tert-OH is 2. The number of Topliss-reactive ketones (excluding diaryl/α,β-unsaturated/α-hetero) is 1. The molecule has 0 aromatic rings. The first-order valence-electron chi connectivity index (χ1n) is 3.37. The molecule has 2 aliphatic heterocycles. The Labute approximate surface area is 62.5 Å². The number of ether oxygens (including phenoxy) is 2. The smallest absolute Gasteiger partial charge is 0.221 e. The second-order valence-electron chi connectivity index (χ2n) is 2.68. The lowest BCUT2D eigenvalue weighted by Crippen LogP contribution is -2.50. The summed E-state index contributed by atoms with van der Waals surface area (Å²) in [6.45, 7) is 0.175.